The van der Waals surface area contributed by atoms with Crippen molar-refractivity contribution in [2.75, 3.05) is 12.4 Å². The van der Waals surface area contributed by atoms with Gasteiger partial charge in [-0.15, -0.1) is 0 Å². The van der Waals surface area contributed by atoms with Crippen molar-refractivity contribution >= 4 is 35.0 Å². The number of nitrogens with zero attached hydrogens (tertiary/aromatic N) is 1. The molecule has 1 amide bonds. The van der Waals surface area contributed by atoms with Gasteiger partial charge < -0.3 is 15.4 Å². The molecule has 6 heteroatoms. The molecule has 0 aliphatic carbocycles. The number of nitrogens with one attached hydrogen (secondary N) is 2. The van der Waals surface area contributed by atoms with Gasteiger partial charge >= 0.3 is 6.09 Å². The fourth-order valence-electron chi connectivity index (χ4n) is 3.88. The molecular weight excluding hydrogens is 458 g/mol. The van der Waals surface area contributed by atoms with Gasteiger partial charge in [-0.25, -0.2) is 9.78 Å². The predicted molar refractivity (Wildman–Crippen MR) is 146 cm³/mol. The molecule has 2 N–H and O–H groups in total. The lowest BCUT2D eigenvalue weighted by atomic mass is 9.85. The fourth-order valence-corrected chi connectivity index (χ4v) is 4.10. The van der Waals surface area contributed by atoms with Gasteiger partial charge in [0.15, 0.2) is 0 Å². The van der Waals surface area contributed by atoms with Gasteiger partial charge in [-0.2, -0.15) is 0 Å². The van der Waals surface area contributed by atoms with Gasteiger partial charge in [0.2, 0.25) is 0 Å². The highest BCUT2D eigenvalue weighted by Crippen LogP contribution is 2.37. The first-order valence-electron chi connectivity index (χ1n) is 11.7. The number of alkyl carbamates (subject to hydrolysis) is 1. The Labute approximate surface area is 213 Å². The van der Waals surface area contributed by atoms with E-state index >= 15 is 0 Å². The minimum Gasteiger partial charge on any atom is -0.444 e. The lowest BCUT2D eigenvalue weighted by Crippen LogP contribution is -2.32. The average molecular weight is 492 g/mol. The van der Waals surface area contributed by atoms with Crippen molar-refractivity contribution in [2.24, 2.45) is 0 Å². The SMILES string of the molecule is CNc1ccnc(Cl)c1C=C(c1ccccc1C)C(C)c1ccc(CNC(=O)OC(C)(C)C)cc1. The van der Waals surface area contributed by atoms with Crippen LogP contribution < -0.4 is 10.6 Å². The van der Waals surface area contributed by atoms with E-state index in [0.29, 0.717) is 11.7 Å². The lowest BCUT2D eigenvalue weighted by molar-refractivity contribution is 0.0523. The summed E-state index contributed by atoms with van der Waals surface area (Å²) >= 11 is 6.51. The van der Waals surface area contributed by atoms with Crippen molar-refractivity contribution in [3.8, 4) is 0 Å². The van der Waals surface area contributed by atoms with Crippen molar-refractivity contribution in [2.45, 2.75) is 52.7 Å². The molecule has 0 saturated heterocycles. The monoisotopic (exact) mass is 491 g/mol. The van der Waals surface area contributed by atoms with Crippen LogP contribution in [0.2, 0.25) is 5.15 Å². The summed E-state index contributed by atoms with van der Waals surface area (Å²) in [5.41, 5.74) is 6.92. The van der Waals surface area contributed by atoms with E-state index in [4.69, 9.17) is 16.3 Å². The van der Waals surface area contributed by atoms with E-state index in [2.05, 4.69) is 65.9 Å². The maximum Gasteiger partial charge on any atom is 0.407 e. The van der Waals surface area contributed by atoms with E-state index < -0.39 is 11.7 Å². The molecule has 0 fully saturated rings. The number of hydrogen-bond donors (Lipinski definition) is 2. The van der Waals surface area contributed by atoms with Crippen LogP contribution in [0.3, 0.4) is 0 Å². The maximum absolute atomic E-state index is 12.0. The van der Waals surface area contributed by atoms with Crippen LogP contribution in [0.5, 0.6) is 0 Å². The second-order valence-corrected chi connectivity index (χ2v) is 9.90. The molecule has 0 aliphatic rings. The van der Waals surface area contributed by atoms with Crippen LogP contribution in [0, 0.1) is 6.92 Å². The topological polar surface area (TPSA) is 63.2 Å². The van der Waals surface area contributed by atoms with Gasteiger partial charge in [-0.3, -0.25) is 0 Å². The zero-order valence-corrected chi connectivity index (χ0v) is 22.0. The van der Waals surface area contributed by atoms with Gasteiger partial charge in [0.1, 0.15) is 10.8 Å². The van der Waals surface area contributed by atoms with E-state index in [-0.39, 0.29) is 5.92 Å². The molecule has 1 unspecified atom stereocenters. The normalized spacial score (nSPS) is 12.7. The molecule has 0 bridgehead atoms. The number of halogens is 1. The second kappa shape index (κ2) is 11.4. The number of allylic oxidation sites excluding steroid dienone is 1. The van der Waals surface area contributed by atoms with Crippen LogP contribution in [-0.2, 0) is 11.3 Å². The van der Waals surface area contributed by atoms with Crippen LogP contribution in [-0.4, -0.2) is 23.7 Å². The highest BCUT2D eigenvalue weighted by molar-refractivity contribution is 6.31. The molecule has 1 heterocycles. The van der Waals surface area contributed by atoms with Crippen molar-refractivity contribution < 1.29 is 9.53 Å². The molecule has 0 aliphatic heterocycles. The molecule has 0 spiro atoms. The highest BCUT2D eigenvalue weighted by atomic mass is 35.5. The highest BCUT2D eigenvalue weighted by Gasteiger charge is 2.18. The molecule has 1 aromatic heterocycles. The molecule has 0 saturated carbocycles. The van der Waals surface area contributed by atoms with E-state index in [1.165, 1.54) is 5.56 Å². The van der Waals surface area contributed by atoms with Crippen LogP contribution in [0.25, 0.3) is 11.6 Å². The third-order valence-corrected chi connectivity index (χ3v) is 6.05. The van der Waals surface area contributed by atoms with Crippen LogP contribution in [0.15, 0.2) is 60.8 Å². The summed E-state index contributed by atoms with van der Waals surface area (Å²) in [6.07, 6.45) is 3.41. The minimum atomic E-state index is -0.522. The Morgan fingerprint density at radius 2 is 1.80 bits per heavy atom. The number of ether oxygens (including phenoxy) is 1. The Bertz CT molecular complexity index is 1200. The Kier molecular flexibility index (Phi) is 8.57. The number of carbonyl (C=O) groups is 1. The molecule has 3 rings (SSSR count). The van der Waals surface area contributed by atoms with E-state index in [1.807, 2.05) is 52.1 Å². The van der Waals surface area contributed by atoms with Crippen molar-refractivity contribution in [1.82, 2.24) is 10.3 Å². The van der Waals surface area contributed by atoms with Gasteiger partial charge in [0.05, 0.1) is 0 Å². The molecule has 5 nitrogen and oxygen atoms in total. The quantitative estimate of drug-likeness (QED) is 0.337. The smallest absolute Gasteiger partial charge is 0.407 e. The number of aryl methyl sites for hydroxylation is 1. The number of carbonyl (C=O) groups excluding carboxylic acids is 1. The van der Waals surface area contributed by atoms with Crippen LogP contribution in [0.4, 0.5) is 10.5 Å². The Morgan fingerprint density at radius 1 is 1.11 bits per heavy atom. The third-order valence-electron chi connectivity index (χ3n) is 5.75. The summed E-state index contributed by atoms with van der Waals surface area (Å²) in [5.74, 6) is 0.0879. The summed E-state index contributed by atoms with van der Waals surface area (Å²) in [5, 5.41) is 6.49. The number of aromatic nitrogens is 1. The first kappa shape index (κ1) is 26.3. The fraction of sp³-hybridized carbons (Fsp3) is 0.310. The molecule has 184 valence electrons. The van der Waals surface area contributed by atoms with Gasteiger partial charge in [-0.1, -0.05) is 67.1 Å². The van der Waals surface area contributed by atoms with Crippen molar-refractivity contribution in [3.63, 3.8) is 0 Å². The predicted octanol–water partition coefficient (Wildman–Crippen LogP) is 7.45. The summed E-state index contributed by atoms with van der Waals surface area (Å²) in [6, 6.07) is 18.6. The Morgan fingerprint density at radius 3 is 2.43 bits per heavy atom. The van der Waals surface area contributed by atoms with E-state index in [9.17, 15) is 4.79 Å². The number of anilines is 1. The third kappa shape index (κ3) is 7.09. The average Bonchev–Trinajstić information content (AvgIpc) is 2.81. The van der Waals surface area contributed by atoms with Gasteiger partial charge in [-0.05, 0) is 67.7 Å². The number of hydrogen-bond acceptors (Lipinski definition) is 4. The number of benzene rings is 2. The number of amides is 1. The Balaban J connectivity index is 1.91. The molecule has 3 aromatic rings. The zero-order chi connectivity index (χ0) is 25.6. The number of rotatable bonds is 7. The van der Waals surface area contributed by atoms with Crippen molar-refractivity contribution in [3.05, 3.63) is 93.8 Å². The summed E-state index contributed by atoms with van der Waals surface area (Å²) in [7, 11) is 1.88. The molecule has 0 radical (unpaired) electrons. The molecule has 1 atom stereocenters. The van der Waals surface area contributed by atoms with E-state index in [1.54, 1.807) is 6.20 Å². The van der Waals surface area contributed by atoms with Crippen molar-refractivity contribution in [1.29, 1.82) is 0 Å². The van der Waals surface area contributed by atoms with E-state index in [0.717, 1.165) is 33.5 Å². The first-order valence-corrected chi connectivity index (χ1v) is 12.1. The van der Waals surface area contributed by atoms with Crippen LogP contribution >= 0.6 is 11.6 Å². The van der Waals surface area contributed by atoms with Crippen LogP contribution in [0.1, 0.15) is 61.4 Å². The minimum absolute atomic E-state index is 0.0879. The Hall–Kier alpha value is -3.31. The second-order valence-electron chi connectivity index (χ2n) is 9.55. The summed E-state index contributed by atoms with van der Waals surface area (Å²) in [4.78, 5) is 16.3. The van der Waals surface area contributed by atoms with Gasteiger partial charge in [0.25, 0.3) is 0 Å². The maximum atomic E-state index is 12.0. The largest absolute Gasteiger partial charge is 0.444 e. The first-order chi connectivity index (χ1) is 16.6. The molecular formula is C29H34ClN3O2. The molecule has 35 heavy (non-hydrogen) atoms. The summed E-state index contributed by atoms with van der Waals surface area (Å²) in [6.45, 7) is 10.3. The summed E-state index contributed by atoms with van der Waals surface area (Å²) < 4.78 is 5.32. The van der Waals surface area contributed by atoms with Gasteiger partial charge in [0, 0.05) is 37.0 Å². The lowest BCUT2D eigenvalue weighted by Gasteiger charge is -2.21. The zero-order valence-electron chi connectivity index (χ0n) is 21.3. The molecule has 2 aromatic carbocycles. The number of pyridine rings is 1. The standard InChI is InChI=1S/C29H34ClN3O2/c1-19-9-7-8-10-23(19)24(17-25-26(31-6)15-16-32-27(25)30)20(2)22-13-11-21(12-14-22)18-33-28(34)35-29(3,4)5/h7-17,20H,18H2,1-6H3,(H,31,32)(H,33,34).